The van der Waals surface area contributed by atoms with Crippen molar-refractivity contribution in [2.24, 2.45) is 5.92 Å². The van der Waals surface area contributed by atoms with Gasteiger partial charge in [0.05, 0.1) is 0 Å². The monoisotopic (exact) mass is 480 g/mol. The van der Waals surface area contributed by atoms with Gasteiger partial charge in [-0.05, 0) is 56.2 Å². The second-order valence-corrected chi connectivity index (χ2v) is 9.36. The van der Waals surface area contributed by atoms with Crippen molar-refractivity contribution < 1.29 is 18.8 Å². The summed E-state index contributed by atoms with van der Waals surface area (Å²) >= 11 is 0. The van der Waals surface area contributed by atoms with Gasteiger partial charge in [-0.25, -0.2) is 4.39 Å². The molecule has 0 aliphatic carbocycles. The number of carbonyl (C=O) groups is 3. The van der Waals surface area contributed by atoms with Crippen molar-refractivity contribution in [1.29, 1.82) is 0 Å². The molecule has 0 radical (unpaired) electrons. The van der Waals surface area contributed by atoms with E-state index in [2.05, 4.69) is 10.2 Å². The first-order chi connectivity index (χ1) is 16.9. The van der Waals surface area contributed by atoms with E-state index in [1.807, 2.05) is 36.1 Å². The van der Waals surface area contributed by atoms with E-state index in [0.29, 0.717) is 39.0 Å². The number of piperidine rings is 1. The summed E-state index contributed by atoms with van der Waals surface area (Å²) in [5.41, 5.74) is 2.82. The minimum absolute atomic E-state index is 0.0390. The lowest BCUT2D eigenvalue weighted by Crippen LogP contribution is -2.52. The predicted octanol–water partition coefficient (Wildman–Crippen LogP) is 3.44. The van der Waals surface area contributed by atoms with Crippen LogP contribution in [0, 0.1) is 18.7 Å². The molecule has 1 N–H and O–H groups in total. The van der Waals surface area contributed by atoms with E-state index in [1.165, 1.54) is 12.1 Å². The molecule has 2 saturated heterocycles. The van der Waals surface area contributed by atoms with Crippen LogP contribution in [0.25, 0.3) is 0 Å². The first-order valence-electron chi connectivity index (χ1n) is 12.3. The number of aryl methyl sites for hydroxylation is 1. The fourth-order valence-corrected chi connectivity index (χ4v) is 4.71. The van der Waals surface area contributed by atoms with Crippen molar-refractivity contribution in [1.82, 2.24) is 9.80 Å². The number of rotatable bonds is 6. The summed E-state index contributed by atoms with van der Waals surface area (Å²) in [4.78, 5) is 43.7. The van der Waals surface area contributed by atoms with Gasteiger partial charge in [-0.2, -0.15) is 0 Å². The van der Waals surface area contributed by atoms with E-state index in [0.717, 1.165) is 30.0 Å². The number of anilines is 2. The summed E-state index contributed by atoms with van der Waals surface area (Å²) in [6, 6.07) is 14.0. The molecule has 0 atom stereocenters. The summed E-state index contributed by atoms with van der Waals surface area (Å²) < 4.78 is 13.2. The molecule has 0 bridgehead atoms. The largest absolute Gasteiger partial charge is 0.368 e. The summed E-state index contributed by atoms with van der Waals surface area (Å²) in [6.07, 6.45) is 1.61. The lowest BCUT2D eigenvalue weighted by molar-refractivity contribution is -0.141. The molecule has 0 saturated carbocycles. The maximum atomic E-state index is 13.2. The number of amides is 3. The zero-order valence-electron chi connectivity index (χ0n) is 20.2. The Hall–Kier alpha value is -3.42. The van der Waals surface area contributed by atoms with Crippen LogP contribution in [0.5, 0.6) is 0 Å². The standard InChI is InChI=1S/C27H33FN4O3/c1-20-2-6-23(7-3-20)29-25(33)10-11-26(34)31-14-12-21(13-15-31)27(35)32-18-16-30(17-19-32)24-8-4-22(28)5-9-24/h2-9,21H,10-19H2,1H3,(H,29,33). The van der Waals surface area contributed by atoms with Crippen LogP contribution in [0.4, 0.5) is 15.8 Å². The van der Waals surface area contributed by atoms with Gasteiger partial charge in [-0.1, -0.05) is 17.7 Å². The van der Waals surface area contributed by atoms with Crippen LogP contribution in [-0.4, -0.2) is 66.8 Å². The first-order valence-corrected chi connectivity index (χ1v) is 12.3. The Labute approximate surface area is 205 Å². The lowest BCUT2D eigenvalue weighted by Gasteiger charge is -2.39. The predicted molar refractivity (Wildman–Crippen MR) is 134 cm³/mol. The summed E-state index contributed by atoms with van der Waals surface area (Å²) in [5, 5.41) is 2.82. The van der Waals surface area contributed by atoms with Crippen LogP contribution in [0.1, 0.15) is 31.2 Å². The Balaban J connectivity index is 1.16. The Kier molecular flexibility index (Phi) is 8.00. The number of carbonyl (C=O) groups excluding carboxylic acids is 3. The molecule has 35 heavy (non-hydrogen) atoms. The minimum Gasteiger partial charge on any atom is -0.368 e. The fourth-order valence-electron chi connectivity index (χ4n) is 4.71. The number of likely N-dealkylation sites (tertiary alicyclic amines) is 1. The van der Waals surface area contributed by atoms with Gasteiger partial charge in [-0.15, -0.1) is 0 Å². The molecule has 2 aromatic rings. The minimum atomic E-state index is -0.252. The molecule has 2 heterocycles. The van der Waals surface area contributed by atoms with Crippen LogP contribution >= 0.6 is 0 Å². The smallest absolute Gasteiger partial charge is 0.225 e. The molecule has 8 heteroatoms. The van der Waals surface area contributed by atoms with Crippen LogP contribution in [-0.2, 0) is 14.4 Å². The molecular formula is C27H33FN4O3. The van der Waals surface area contributed by atoms with Crippen molar-refractivity contribution >= 4 is 29.1 Å². The van der Waals surface area contributed by atoms with Crippen LogP contribution in [0.15, 0.2) is 48.5 Å². The van der Waals surface area contributed by atoms with Crippen molar-refractivity contribution in [3.05, 3.63) is 59.9 Å². The van der Waals surface area contributed by atoms with E-state index in [4.69, 9.17) is 0 Å². The summed E-state index contributed by atoms with van der Waals surface area (Å²) in [5.74, 6) is -0.373. The zero-order chi connectivity index (χ0) is 24.8. The number of hydrogen-bond acceptors (Lipinski definition) is 4. The first kappa shape index (κ1) is 24.7. The summed E-state index contributed by atoms with van der Waals surface area (Å²) in [6.45, 7) is 5.81. The van der Waals surface area contributed by atoms with Gasteiger partial charge in [0.1, 0.15) is 5.82 Å². The highest BCUT2D eigenvalue weighted by molar-refractivity contribution is 5.93. The van der Waals surface area contributed by atoms with Gasteiger partial charge >= 0.3 is 0 Å². The molecule has 0 unspecified atom stereocenters. The molecule has 7 nitrogen and oxygen atoms in total. The average molecular weight is 481 g/mol. The highest BCUT2D eigenvalue weighted by Crippen LogP contribution is 2.23. The van der Waals surface area contributed by atoms with Crippen molar-refractivity contribution in [2.45, 2.75) is 32.6 Å². The van der Waals surface area contributed by atoms with Gasteiger partial charge in [-0.3, -0.25) is 14.4 Å². The quantitative estimate of drug-likeness (QED) is 0.688. The maximum absolute atomic E-state index is 13.2. The number of halogens is 1. The number of nitrogens with one attached hydrogen (secondary N) is 1. The van der Waals surface area contributed by atoms with Crippen molar-refractivity contribution in [2.75, 3.05) is 49.5 Å². The number of hydrogen-bond donors (Lipinski definition) is 1. The second kappa shape index (κ2) is 11.3. The average Bonchev–Trinajstić information content (AvgIpc) is 2.89. The molecule has 2 fully saturated rings. The second-order valence-electron chi connectivity index (χ2n) is 9.36. The molecule has 0 aromatic heterocycles. The van der Waals surface area contributed by atoms with E-state index in [9.17, 15) is 18.8 Å². The fraction of sp³-hybridized carbons (Fsp3) is 0.444. The van der Waals surface area contributed by atoms with Gasteiger partial charge < -0.3 is 20.0 Å². The Morgan fingerprint density at radius 3 is 2.09 bits per heavy atom. The maximum Gasteiger partial charge on any atom is 0.225 e. The SMILES string of the molecule is Cc1ccc(NC(=O)CCC(=O)N2CCC(C(=O)N3CCN(c4ccc(F)cc4)CC3)CC2)cc1. The van der Waals surface area contributed by atoms with Crippen molar-refractivity contribution in [3.63, 3.8) is 0 Å². The van der Waals surface area contributed by atoms with E-state index < -0.39 is 0 Å². The van der Waals surface area contributed by atoms with Gasteiger partial charge in [0, 0.05) is 69.4 Å². The van der Waals surface area contributed by atoms with E-state index in [-0.39, 0.29) is 42.3 Å². The molecule has 3 amide bonds. The van der Waals surface area contributed by atoms with Gasteiger partial charge in [0.25, 0.3) is 0 Å². The van der Waals surface area contributed by atoms with Crippen LogP contribution < -0.4 is 10.2 Å². The Morgan fingerprint density at radius 1 is 0.829 bits per heavy atom. The molecule has 4 rings (SSSR count). The third-order valence-corrected chi connectivity index (χ3v) is 6.88. The van der Waals surface area contributed by atoms with Crippen molar-refractivity contribution in [3.8, 4) is 0 Å². The number of nitrogens with zero attached hydrogens (tertiary/aromatic N) is 3. The molecule has 2 aliphatic heterocycles. The van der Waals surface area contributed by atoms with Crippen LogP contribution in [0.2, 0.25) is 0 Å². The molecule has 0 spiro atoms. The van der Waals surface area contributed by atoms with E-state index >= 15 is 0 Å². The number of piperazine rings is 1. The molecule has 2 aliphatic rings. The lowest BCUT2D eigenvalue weighted by atomic mass is 9.94. The normalized spacial score (nSPS) is 16.8. The third-order valence-electron chi connectivity index (χ3n) is 6.88. The molecule has 186 valence electrons. The highest BCUT2D eigenvalue weighted by Gasteiger charge is 2.31. The molecular weight excluding hydrogens is 447 g/mol. The Morgan fingerprint density at radius 2 is 1.46 bits per heavy atom. The third kappa shape index (κ3) is 6.59. The van der Waals surface area contributed by atoms with Crippen LogP contribution in [0.3, 0.4) is 0 Å². The zero-order valence-corrected chi connectivity index (χ0v) is 20.2. The topological polar surface area (TPSA) is 73.0 Å². The highest BCUT2D eigenvalue weighted by atomic mass is 19.1. The van der Waals surface area contributed by atoms with Gasteiger partial charge in [0.2, 0.25) is 17.7 Å². The Bertz CT molecular complexity index is 1030. The van der Waals surface area contributed by atoms with Gasteiger partial charge in [0.15, 0.2) is 0 Å². The molecule has 2 aromatic carbocycles. The number of benzene rings is 2. The van der Waals surface area contributed by atoms with E-state index in [1.54, 1.807) is 17.0 Å². The summed E-state index contributed by atoms with van der Waals surface area (Å²) in [7, 11) is 0.